The molecule has 0 N–H and O–H groups in total. The van der Waals surface area contributed by atoms with Crippen LogP contribution in [0, 0.1) is 69.2 Å². The van der Waals surface area contributed by atoms with Crippen molar-refractivity contribution in [2.24, 2.45) is 9.98 Å². The van der Waals surface area contributed by atoms with Crippen molar-refractivity contribution in [2.45, 2.75) is 228 Å². The van der Waals surface area contributed by atoms with E-state index in [1.54, 1.807) is 0 Å². The number of hydrogen-bond acceptors (Lipinski definition) is 10. The van der Waals surface area contributed by atoms with Gasteiger partial charge >= 0.3 is 40.7 Å². The molecule has 6 rings (SSSR count). The van der Waals surface area contributed by atoms with E-state index in [1.165, 1.54) is 0 Å². The molecule has 0 spiro atoms. The monoisotopic (exact) mass is 1150 g/mol. The van der Waals surface area contributed by atoms with Gasteiger partial charge in [-0.1, -0.05) is 116 Å². The number of benzene rings is 2. The molecule has 2 aromatic carbocycles. The van der Waals surface area contributed by atoms with Crippen LogP contribution in [0.25, 0.3) is 11.1 Å². The van der Waals surface area contributed by atoms with Gasteiger partial charge < -0.3 is 28.9 Å². The van der Waals surface area contributed by atoms with Gasteiger partial charge in [0.15, 0.2) is 0 Å². The van der Waals surface area contributed by atoms with E-state index in [-0.39, 0.29) is 65.1 Å². The Kier molecular flexibility index (Phi) is 24.1. The summed E-state index contributed by atoms with van der Waals surface area (Å²) >= 11 is 0. The van der Waals surface area contributed by atoms with Crippen molar-refractivity contribution in [3.05, 3.63) is 147 Å². The fourth-order valence-corrected chi connectivity index (χ4v) is 11.5. The Balaban J connectivity index is 0.000000344. The van der Waals surface area contributed by atoms with Gasteiger partial charge in [-0.05, 0) is 190 Å². The fourth-order valence-electron chi connectivity index (χ4n) is 11.5. The first kappa shape index (κ1) is 67.2. The largest absolute Gasteiger partial charge is 2.00 e. The second-order valence-electron chi connectivity index (χ2n) is 21.9. The van der Waals surface area contributed by atoms with E-state index in [4.69, 9.17) is 38.9 Å². The van der Waals surface area contributed by atoms with Crippen molar-refractivity contribution in [1.82, 2.24) is 9.97 Å². The summed E-state index contributed by atoms with van der Waals surface area (Å²) in [6.07, 6.45) is 5.49. The van der Waals surface area contributed by atoms with Gasteiger partial charge in [-0.25, -0.2) is 19.2 Å². The molecule has 81 heavy (non-hydrogen) atoms. The van der Waals surface area contributed by atoms with Crippen LogP contribution in [0.1, 0.15) is 234 Å². The standard InChI is InChI=1S/2C34H46N2O4.Co/c2*1-12-25(13-2)39-33(37)28-21(8)31(35-23(28)10)30(27-19(6)16-18(5)17-20(27)7)32-22(9)29(24(11)36-32)34(38)40-26(14-3)15-4;/h2*16-17,25-26H,12-15H2,1-11H3,(H,35,36,37,38);/q;;+2/p-2. The van der Waals surface area contributed by atoms with Crippen molar-refractivity contribution >= 4 is 46.4 Å². The van der Waals surface area contributed by atoms with Crippen LogP contribution in [0.4, 0.5) is 0 Å². The molecular weight excluding hydrogens is 1060 g/mol. The van der Waals surface area contributed by atoms with Crippen molar-refractivity contribution in [3.8, 4) is 0 Å². The number of carbonyl (C=O) groups excluding carboxylic acids is 4. The predicted molar refractivity (Wildman–Crippen MR) is 324 cm³/mol. The zero-order chi connectivity index (χ0) is 59.8. The molecule has 439 valence electrons. The smallest absolute Gasteiger partial charge is 0.660 e. The Morgan fingerprint density at radius 1 is 0.395 bits per heavy atom. The number of aryl methyl sites for hydroxylation is 8. The molecule has 0 fully saturated rings. The number of carbonyl (C=O) groups is 4. The van der Waals surface area contributed by atoms with Gasteiger partial charge in [0, 0.05) is 11.1 Å². The van der Waals surface area contributed by atoms with Crippen molar-refractivity contribution < 1.29 is 54.9 Å². The van der Waals surface area contributed by atoms with Crippen LogP contribution in [0.15, 0.2) is 67.9 Å². The van der Waals surface area contributed by atoms with Crippen LogP contribution in [0.2, 0.25) is 0 Å². The third kappa shape index (κ3) is 14.5. The summed E-state index contributed by atoms with van der Waals surface area (Å²) in [5, 5.41) is 0. The molecule has 0 aliphatic carbocycles. The normalized spacial score (nSPS) is 14.6. The molecule has 2 aliphatic rings. The van der Waals surface area contributed by atoms with Crippen LogP contribution in [0.5, 0.6) is 0 Å². The molecule has 0 saturated carbocycles. The first-order valence-electron chi connectivity index (χ1n) is 29.1. The van der Waals surface area contributed by atoms with Crippen LogP contribution >= 0.6 is 0 Å². The Hall–Kier alpha value is -6.31. The number of nitrogens with zero attached hydrogens (tertiary/aromatic N) is 4. The number of hydrogen-bond donors (Lipinski definition) is 0. The van der Waals surface area contributed by atoms with Gasteiger partial charge in [0.2, 0.25) is 0 Å². The SMILES string of the molecule is CCC(CC)OC(=O)C1=C(C)/C(=C(/c2[n-]c(C)c(C(=O)OC(CC)CC)c2C)c2c(C)cc(C)cc2C)N=C1C.CCC(CC)OC(=O)C1=C(C)/C(=C(/c2[n-]c(C)c(C(=O)OC(CC)CC)c2C)c2c(C)cc(C)cc2C)N=C1C.[Co+2]. The third-order valence-electron chi connectivity index (χ3n) is 15.8. The third-order valence-corrected chi connectivity index (χ3v) is 15.8. The van der Waals surface area contributed by atoms with Crippen LogP contribution in [-0.2, 0) is 45.3 Å². The van der Waals surface area contributed by atoms with Gasteiger partial charge in [0.1, 0.15) is 24.4 Å². The molecule has 4 aromatic rings. The van der Waals surface area contributed by atoms with Crippen LogP contribution in [-0.4, -0.2) is 59.7 Å². The Labute approximate surface area is 494 Å². The molecule has 1 radical (unpaired) electrons. The summed E-state index contributed by atoms with van der Waals surface area (Å²) < 4.78 is 23.3. The summed E-state index contributed by atoms with van der Waals surface area (Å²) in [7, 11) is 0. The van der Waals surface area contributed by atoms with Crippen molar-refractivity contribution in [2.75, 3.05) is 0 Å². The minimum Gasteiger partial charge on any atom is -0.660 e. The van der Waals surface area contributed by atoms with E-state index in [2.05, 4.69) is 65.8 Å². The van der Waals surface area contributed by atoms with E-state index >= 15 is 0 Å². The topological polar surface area (TPSA) is 158 Å². The van der Waals surface area contributed by atoms with Crippen molar-refractivity contribution in [1.29, 1.82) is 0 Å². The summed E-state index contributed by atoms with van der Waals surface area (Å²) in [5.74, 6) is -1.40. The first-order valence-corrected chi connectivity index (χ1v) is 29.1. The second kappa shape index (κ2) is 29.1. The number of ether oxygens (including phenoxy) is 4. The van der Waals surface area contributed by atoms with Gasteiger partial charge in [-0.15, -0.1) is 22.8 Å². The molecular formula is C68H90CoN4O8. The average molecular weight is 1150 g/mol. The first-order chi connectivity index (χ1) is 37.8. The molecule has 0 saturated heterocycles. The molecule has 0 unspecified atom stereocenters. The zero-order valence-electron chi connectivity index (χ0n) is 52.7. The van der Waals surface area contributed by atoms with E-state index in [0.29, 0.717) is 67.9 Å². The van der Waals surface area contributed by atoms with Gasteiger partial charge in [-0.3, -0.25) is 9.98 Å². The van der Waals surface area contributed by atoms with E-state index in [0.717, 1.165) is 129 Å². The van der Waals surface area contributed by atoms with E-state index < -0.39 is 0 Å². The van der Waals surface area contributed by atoms with E-state index in [1.807, 2.05) is 111 Å². The number of aliphatic imine (C=N–C) groups is 2. The summed E-state index contributed by atoms with van der Waals surface area (Å²) in [5.41, 5.74) is 20.5. The van der Waals surface area contributed by atoms with Crippen LogP contribution in [0.3, 0.4) is 0 Å². The number of esters is 4. The number of allylic oxidation sites excluding steroid dienone is 2. The molecule has 2 aromatic heterocycles. The summed E-state index contributed by atoms with van der Waals surface area (Å²) in [6.45, 7) is 43.7. The molecule has 13 heteroatoms. The molecule has 0 amide bonds. The van der Waals surface area contributed by atoms with Crippen LogP contribution < -0.4 is 9.97 Å². The van der Waals surface area contributed by atoms with E-state index in [9.17, 15) is 19.2 Å². The minimum atomic E-state index is -0.350. The second-order valence-corrected chi connectivity index (χ2v) is 21.9. The van der Waals surface area contributed by atoms with Crippen molar-refractivity contribution in [3.63, 3.8) is 0 Å². The molecule has 2 aliphatic heterocycles. The number of aromatic nitrogens is 2. The maximum atomic E-state index is 13.3. The predicted octanol–water partition coefficient (Wildman–Crippen LogP) is 15.6. The quantitative estimate of drug-likeness (QED) is 0.0616. The Morgan fingerprint density at radius 3 is 0.889 bits per heavy atom. The Bertz CT molecular complexity index is 2970. The average Bonchev–Trinajstić information content (AvgIpc) is 4.08. The molecule has 0 bridgehead atoms. The maximum Gasteiger partial charge on any atom is 2.00 e. The summed E-state index contributed by atoms with van der Waals surface area (Å²) in [6, 6.07) is 8.57. The summed E-state index contributed by atoms with van der Waals surface area (Å²) in [4.78, 5) is 73.1. The van der Waals surface area contributed by atoms with Gasteiger partial charge in [-0.2, -0.15) is 0 Å². The Morgan fingerprint density at radius 2 is 0.642 bits per heavy atom. The minimum absolute atomic E-state index is 0. The zero-order valence-corrected chi connectivity index (χ0v) is 53.7. The number of rotatable bonds is 20. The molecule has 4 heterocycles. The fraction of sp³-hybridized carbons (Fsp3) is 0.500. The maximum absolute atomic E-state index is 13.3. The van der Waals surface area contributed by atoms with Gasteiger partial charge in [0.05, 0.1) is 34.0 Å². The molecule has 0 atom stereocenters. The molecule has 12 nitrogen and oxygen atoms in total. The van der Waals surface area contributed by atoms with Gasteiger partial charge in [0.25, 0.3) is 0 Å².